The third-order valence-corrected chi connectivity index (χ3v) is 3.28. The van der Waals surface area contributed by atoms with E-state index in [0.29, 0.717) is 32.1 Å². The average molecular weight is 270 g/mol. The maximum absolute atomic E-state index is 12.2. The average Bonchev–Trinajstić information content (AvgIpc) is 2.34. The van der Waals surface area contributed by atoms with E-state index in [2.05, 4.69) is 19.2 Å². The molecule has 0 aromatic carbocycles. The Labute approximate surface area is 115 Å². The van der Waals surface area contributed by atoms with Crippen LogP contribution in [0.25, 0.3) is 0 Å². The van der Waals surface area contributed by atoms with Gasteiger partial charge in [0, 0.05) is 19.8 Å². The molecule has 1 aliphatic heterocycles. The topological polar surface area (TPSA) is 58.6 Å². The fraction of sp³-hybridized carbons (Fsp3) is 0.857. The van der Waals surface area contributed by atoms with E-state index in [0.717, 1.165) is 6.42 Å². The Bertz CT molecular complexity index is 318. The molecule has 1 fully saturated rings. The van der Waals surface area contributed by atoms with Crippen LogP contribution in [0.5, 0.6) is 0 Å². The Morgan fingerprint density at radius 3 is 2.63 bits per heavy atom. The Balaban J connectivity index is 2.66. The van der Waals surface area contributed by atoms with Crippen LogP contribution in [-0.4, -0.2) is 48.6 Å². The molecule has 5 heteroatoms. The summed E-state index contributed by atoms with van der Waals surface area (Å²) in [5, 5.41) is 2.75. The molecule has 2 unspecified atom stereocenters. The molecule has 110 valence electrons. The number of rotatable bonds is 7. The van der Waals surface area contributed by atoms with Gasteiger partial charge in [-0.15, -0.1) is 0 Å². The van der Waals surface area contributed by atoms with Crippen LogP contribution in [0, 0.1) is 5.92 Å². The van der Waals surface area contributed by atoms with Crippen molar-refractivity contribution in [3.05, 3.63) is 0 Å². The molecule has 1 rings (SSSR count). The molecule has 0 aromatic heterocycles. The lowest BCUT2D eigenvalue weighted by Crippen LogP contribution is -2.62. The molecule has 1 N–H and O–H groups in total. The minimum Gasteiger partial charge on any atom is -0.382 e. The van der Waals surface area contributed by atoms with Crippen molar-refractivity contribution in [1.82, 2.24) is 10.2 Å². The Hall–Kier alpha value is -1.10. The van der Waals surface area contributed by atoms with E-state index in [1.54, 1.807) is 11.8 Å². The van der Waals surface area contributed by atoms with Crippen LogP contribution in [0.1, 0.15) is 40.5 Å². The van der Waals surface area contributed by atoms with Gasteiger partial charge in [-0.2, -0.15) is 0 Å². The third kappa shape index (κ3) is 4.49. The second-order valence-electron chi connectivity index (χ2n) is 5.46. The van der Waals surface area contributed by atoms with E-state index in [-0.39, 0.29) is 17.9 Å². The normalized spacial score (nSPS) is 23.9. The largest absolute Gasteiger partial charge is 0.382 e. The van der Waals surface area contributed by atoms with Crippen molar-refractivity contribution in [1.29, 1.82) is 0 Å². The fourth-order valence-corrected chi connectivity index (χ4v) is 2.34. The summed E-state index contributed by atoms with van der Waals surface area (Å²) in [5.41, 5.74) is 0. The smallest absolute Gasteiger partial charge is 0.245 e. The third-order valence-electron chi connectivity index (χ3n) is 3.28. The summed E-state index contributed by atoms with van der Waals surface area (Å²) in [6, 6.07) is -0.742. The molecule has 19 heavy (non-hydrogen) atoms. The molecule has 0 spiro atoms. The van der Waals surface area contributed by atoms with Crippen molar-refractivity contribution in [2.24, 2.45) is 5.92 Å². The highest BCUT2D eigenvalue weighted by atomic mass is 16.5. The number of carbonyl (C=O) groups is 2. The molecule has 0 radical (unpaired) electrons. The van der Waals surface area contributed by atoms with Crippen LogP contribution >= 0.6 is 0 Å². The molecule has 1 heterocycles. The first-order valence-electron chi connectivity index (χ1n) is 7.16. The molecule has 2 amide bonds. The first-order chi connectivity index (χ1) is 8.97. The second kappa shape index (κ2) is 7.48. The van der Waals surface area contributed by atoms with Crippen molar-refractivity contribution < 1.29 is 14.3 Å². The predicted molar refractivity (Wildman–Crippen MR) is 73.7 cm³/mol. The van der Waals surface area contributed by atoms with Gasteiger partial charge in [0.2, 0.25) is 11.8 Å². The van der Waals surface area contributed by atoms with Gasteiger partial charge in [-0.1, -0.05) is 13.8 Å². The first kappa shape index (κ1) is 16.0. The number of ether oxygens (including phenoxy) is 1. The summed E-state index contributed by atoms with van der Waals surface area (Å²) in [7, 11) is 0. The number of hydrogen-bond donors (Lipinski definition) is 1. The highest BCUT2D eigenvalue weighted by Crippen LogP contribution is 2.17. The molecular weight excluding hydrogens is 244 g/mol. The molecule has 2 atom stereocenters. The summed E-state index contributed by atoms with van der Waals surface area (Å²) in [4.78, 5) is 26.0. The summed E-state index contributed by atoms with van der Waals surface area (Å²) in [6.45, 7) is 9.71. The Morgan fingerprint density at radius 1 is 1.37 bits per heavy atom. The van der Waals surface area contributed by atoms with Gasteiger partial charge >= 0.3 is 0 Å². The van der Waals surface area contributed by atoms with Crippen molar-refractivity contribution in [2.75, 3.05) is 19.8 Å². The van der Waals surface area contributed by atoms with Crippen LogP contribution in [0.15, 0.2) is 0 Å². The van der Waals surface area contributed by atoms with E-state index < -0.39 is 6.04 Å². The highest BCUT2D eigenvalue weighted by molar-refractivity contribution is 5.96. The maximum Gasteiger partial charge on any atom is 0.245 e. The van der Waals surface area contributed by atoms with Crippen LogP contribution in [0.3, 0.4) is 0 Å². The minimum atomic E-state index is -0.414. The predicted octanol–water partition coefficient (Wildman–Crippen LogP) is 1.17. The lowest BCUT2D eigenvalue weighted by Gasteiger charge is -2.38. The summed E-state index contributed by atoms with van der Waals surface area (Å²) in [5.74, 6) is 0.366. The zero-order valence-corrected chi connectivity index (χ0v) is 12.4. The molecule has 0 aromatic rings. The van der Waals surface area contributed by atoms with Crippen LogP contribution in [0.4, 0.5) is 0 Å². The molecule has 1 aliphatic rings. The van der Waals surface area contributed by atoms with E-state index in [4.69, 9.17) is 4.74 Å². The summed E-state index contributed by atoms with van der Waals surface area (Å²) in [6.07, 6.45) is 1.48. The maximum atomic E-state index is 12.2. The number of hydrogen-bond acceptors (Lipinski definition) is 3. The standard InChI is InChI=1S/C14H26N2O3/c1-5-19-8-6-7-16-12(9-10(2)3)13(17)15-11(4)14(16)18/h10-12H,5-9H2,1-4H3,(H,15,17). The molecule has 5 nitrogen and oxygen atoms in total. The van der Waals surface area contributed by atoms with E-state index in [9.17, 15) is 9.59 Å². The van der Waals surface area contributed by atoms with Gasteiger partial charge in [-0.25, -0.2) is 0 Å². The van der Waals surface area contributed by atoms with E-state index in [1.165, 1.54) is 0 Å². The van der Waals surface area contributed by atoms with Gasteiger partial charge in [0.25, 0.3) is 0 Å². The van der Waals surface area contributed by atoms with Gasteiger partial charge in [0.1, 0.15) is 12.1 Å². The SMILES string of the molecule is CCOCCCN1C(=O)C(C)NC(=O)C1CC(C)C. The second-order valence-corrected chi connectivity index (χ2v) is 5.46. The van der Waals surface area contributed by atoms with Gasteiger partial charge in [-0.3, -0.25) is 9.59 Å². The number of amides is 2. The minimum absolute atomic E-state index is 0.0155. The van der Waals surface area contributed by atoms with Gasteiger partial charge in [0.15, 0.2) is 0 Å². The number of nitrogens with one attached hydrogen (secondary N) is 1. The molecule has 1 saturated heterocycles. The van der Waals surface area contributed by atoms with Crippen molar-refractivity contribution in [3.63, 3.8) is 0 Å². The zero-order chi connectivity index (χ0) is 14.4. The molecule has 0 saturated carbocycles. The Kier molecular flexibility index (Phi) is 6.28. The lowest BCUT2D eigenvalue weighted by atomic mass is 9.98. The number of nitrogens with zero attached hydrogens (tertiary/aromatic N) is 1. The number of piperazine rings is 1. The molecule has 0 bridgehead atoms. The number of carbonyl (C=O) groups excluding carboxylic acids is 2. The monoisotopic (exact) mass is 270 g/mol. The van der Waals surface area contributed by atoms with Crippen LogP contribution in [0.2, 0.25) is 0 Å². The quantitative estimate of drug-likeness (QED) is 0.707. The Morgan fingerprint density at radius 2 is 2.05 bits per heavy atom. The van der Waals surface area contributed by atoms with Gasteiger partial charge in [0.05, 0.1) is 0 Å². The van der Waals surface area contributed by atoms with Gasteiger partial charge < -0.3 is 15.0 Å². The summed E-state index contributed by atoms with van der Waals surface area (Å²) < 4.78 is 5.29. The van der Waals surface area contributed by atoms with Crippen molar-refractivity contribution in [3.8, 4) is 0 Å². The molecular formula is C14H26N2O3. The fourth-order valence-electron chi connectivity index (χ4n) is 2.34. The van der Waals surface area contributed by atoms with Gasteiger partial charge in [-0.05, 0) is 32.6 Å². The zero-order valence-electron chi connectivity index (χ0n) is 12.4. The van der Waals surface area contributed by atoms with Crippen molar-refractivity contribution in [2.45, 2.75) is 52.6 Å². The van der Waals surface area contributed by atoms with E-state index in [1.807, 2.05) is 6.92 Å². The molecule has 0 aliphatic carbocycles. The highest BCUT2D eigenvalue weighted by Gasteiger charge is 2.38. The summed E-state index contributed by atoms with van der Waals surface area (Å²) >= 11 is 0. The van der Waals surface area contributed by atoms with Crippen LogP contribution < -0.4 is 5.32 Å². The van der Waals surface area contributed by atoms with E-state index >= 15 is 0 Å². The van der Waals surface area contributed by atoms with Crippen LogP contribution in [-0.2, 0) is 14.3 Å². The van der Waals surface area contributed by atoms with Crippen molar-refractivity contribution >= 4 is 11.8 Å². The lowest BCUT2D eigenvalue weighted by molar-refractivity contribution is -0.149. The first-order valence-corrected chi connectivity index (χ1v) is 7.16.